The van der Waals surface area contributed by atoms with Crippen LogP contribution in [0.15, 0.2) is 0 Å². The smallest absolute Gasteiger partial charge is 0.246 e. The van der Waals surface area contributed by atoms with Crippen molar-refractivity contribution in [1.82, 2.24) is 15.5 Å². The number of carbonyl (C=O) groups is 3. The monoisotopic (exact) mass is 381 g/mol. The van der Waals surface area contributed by atoms with Crippen LogP contribution in [0.5, 0.6) is 0 Å². The Morgan fingerprint density at radius 3 is 2.78 bits per heavy atom. The Morgan fingerprint density at radius 2 is 2.15 bits per heavy atom. The van der Waals surface area contributed by atoms with Crippen LogP contribution in [0.2, 0.25) is 0 Å². The Morgan fingerprint density at radius 1 is 1.41 bits per heavy atom. The van der Waals surface area contributed by atoms with Gasteiger partial charge in [-0.05, 0) is 32.6 Å². The van der Waals surface area contributed by atoms with E-state index < -0.39 is 23.5 Å². The van der Waals surface area contributed by atoms with Gasteiger partial charge in [-0.15, -0.1) is 0 Å². The van der Waals surface area contributed by atoms with Crippen molar-refractivity contribution in [3.8, 4) is 0 Å². The summed E-state index contributed by atoms with van der Waals surface area (Å²) < 4.78 is 6.23. The summed E-state index contributed by atoms with van der Waals surface area (Å²) in [7, 11) is 1.56. The van der Waals surface area contributed by atoms with Crippen LogP contribution in [-0.4, -0.2) is 71.7 Å². The van der Waals surface area contributed by atoms with E-state index in [0.29, 0.717) is 19.3 Å². The largest absolute Gasteiger partial charge is 0.396 e. The molecule has 0 aromatic rings. The molecule has 0 saturated carbocycles. The molecule has 152 valence electrons. The van der Waals surface area contributed by atoms with Crippen LogP contribution in [0.3, 0.4) is 0 Å². The molecule has 2 bridgehead atoms. The summed E-state index contributed by atoms with van der Waals surface area (Å²) in [5.41, 5.74) is -0.940. The average molecular weight is 381 g/mol. The Balaban J connectivity index is 1.93. The summed E-state index contributed by atoms with van der Waals surface area (Å²) in [4.78, 5) is 40.4. The number of carbonyl (C=O) groups excluding carboxylic acids is 3. The van der Waals surface area contributed by atoms with E-state index in [2.05, 4.69) is 17.6 Å². The van der Waals surface area contributed by atoms with Crippen molar-refractivity contribution in [2.45, 2.75) is 69.7 Å². The van der Waals surface area contributed by atoms with E-state index in [4.69, 9.17) is 4.74 Å². The second kappa shape index (κ2) is 7.75. The van der Waals surface area contributed by atoms with Gasteiger partial charge in [-0.2, -0.15) is 0 Å². The SMILES string of the molecule is CCCC(C)NC(=O)C1N(CCCO)C(=O)[C@@H]2[C@H](C(=O)NC)[C@@H]3CCC12O3. The summed E-state index contributed by atoms with van der Waals surface area (Å²) in [5, 5.41) is 14.9. The van der Waals surface area contributed by atoms with Crippen LogP contribution in [0.1, 0.15) is 46.0 Å². The first-order valence-electron chi connectivity index (χ1n) is 10.0. The fraction of sp³-hybridized carbons (Fsp3) is 0.842. The van der Waals surface area contributed by atoms with Crippen LogP contribution in [0.25, 0.3) is 0 Å². The van der Waals surface area contributed by atoms with Crippen molar-refractivity contribution in [3.05, 3.63) is 0 Å². The Hall–Kier alpha value is -1.67. The quantitative estimate of drug-likeness (QED) is 0.539. The van der Waals surface area contributed by atoms with E-state index in [1.165, 1.54) is 4.90 Å². The molecule has 8 heteroatoms. The summed E-state index contributed by atoms with van der Waals surface area (Å²) in [6, 6.07) is -0.749. The van der Waals surface area contributed by atoms with Crippen LogP contribution in [0, 0.1) is 11.8 Å². The number of hydrogen-bond donors (Lipinski definition) is 3. The predicted molar refractivity (Wildman–Crippen MR) is 97.6 cm³/mol. The van der Waals surface area contributed by atoms with E-state index in [-0.39, 0.29) is 43.0 Å². The lowest BCUT2D eigenvalue weighted by Gasteiger charge is -2.34. The minimum absolute atomic E-state index is 0.00100. The van der Waals surface area contributed by atoms with Gasteiger partial charge in [-0.25, -0.2) is 0 Å². The Kier molecular flexibility index (Phi) is 5.76. The fourth-order valence-electron chi connectivity index (χ4n) is 5.23. The fourth-order valence-corrected chi connectivity index (χ4v) is 5.23. The molecular weight excluding hydrogens is 350 g/mol. The first-order valence-corrected chi connectivity index (χ1v) is 10.0. The van der Waals surface area contributed by atoms with Crippen molar-refractivity contribution >= 4 is 17.7 Å². The third kappa shape index (κ3) is 3.12. The maximum Gasteiger partial charge on any atom is 0.246 e. The average Bonchev–Trinajstić information content (AvgIpc) is 3.26. The number of hydrogen-bond acceptors (Lipinski definition) is 5. The molecule has 3 rings (SSSR count). The number of aliphatic hydroxyl groups excluding tert-OH is 1. The van der Waals surface area contributed by atoms with Crippen molar-refractivity contribution < 1.29 is 24.2 Å². The number of amides is 3. The van der Waals surface area contributed by atoms with Gasteiger partial charge in [0, 0.05) is 26.2 Å². The van der Waals surface area contributed by atoms with Gasteiger partial charge in [-0.1, -0.05) is 13.3 Å². The van der Waals surface area contributed by atoms with Crippen LogP contribution in [0.4, 0.5) is 0 Å². The Bertz CT molecular complexity index is 612. The number of nitrogens with one attached hydrogen (secondary N) is 2. The molecule has 3 N–H and O–H groups in total. The zero-order valence-corrected chi connectivity index (χ0v) is 16.4. The van der Waals surface area contributed by atoms with Gasteiger partial charge >= 0.3 is 0 Å². The normalized spacial score (nSPS) is 35.3. The first-order chi connectivity index (χ1) is 12.9. The number of likely N-dealkylation sites (tertiary alicyclic amines) is 1. The molecule has 3 unspecified atom stereocenters. The summed E-state index contributed by atoms with van der Waals surface area (Å²) >= 11 is 0. The molecule has 1 spiro atoms. The molecule has 0 radical (unpaired) electrons. The molecule has 3 amide bonds. The highest BCUT2D eigenvalue weighted by Gasteiger charge is 2.74. The van der Waals surface area contributed by atoms with Crippen LogP contribution in [-0.2, 0) is 19.1 Å². The third-order valence-corrected chi connectivity index (χ3v) is 6.27. The predicted octanol–water partition coefficient (Wildman–Crippen LogP) is -0.206. The maximum absolute atomic E-state index is 13.2. The molecule has 0 aliphatic carbocycles. The summed E-state index contributed by atoms with van der Waals surface area (Å²) in [5.74, 6) is -1.82. The van der Waals surface area contributed by atoms with E-state index in [9.17, 15) is 19.5 Å². The number of aliphatic hydroxyl groups is 1. The maximum atomic E-state index is 13.2. The third-order valence-electron chi connectivity index (χ3n) is 6.27. The molecule has 3 saturated heterocycles. The van der Waals surface area contributed by atoms with Gasteiger partial charge in [0.2, 0.25) is 17.7 Å². The lowest BCUT2D eigenvalue weighted by atomic mass is 9.70. The van der Waals surface area contributed by atoms with Gasteiger partial charge < -0.3 is 25.4 Å². The van der Waals surface area contributed by atoms with Crippen LogP contribution < -0.4 is 10.6 Å². The van der Waals surface area contributed by atoms with Gasteiger partial charge in [0.25, 0.3) is 0 Å². The summed E-state index contributed by atoms with van der Waals surface area (Å²) in [6.45, 7) is 4.22. The van der Waals surface area contributed by atoms with Crippen molar-refractivity contribution in [1.29, 1.82) is 0 Å². The first kappa shape index (κ1) is 20.1. The van der Waals surface area contributed by atoms with Crippen molar-refractivity contribution in [2.24, 2.45) is 11.8 Å². The molecule has 0 aromatic carbocycles. The topological polar surface area (TPSA) is 108 Å². The minimum atomic E-state index is -0.940. The lowest BCUT2D eigenvalue weighted by molar-refractivity contribution is -0.142. The zero-order chi connectivity index (χ0) is 19.8. The second-order valence-corrected chi connectivity index (χ2v) is 7.98. The van der Waals surface area contributed by atoms with E-state index in [1.807, 2.05) is 6.92 Å². The molecule has 3 aliphatic heterocycles. The van der Waals surface area contributed by atoms with E-state index in [0.717, 1.165) is 12.8 Å². The van der Waals surface area contributed by atoms with Crippen molar-refractivity contribution in [2.75, 3.05) is 20.2 Å². The minimum Gasteiger partial charge on any atom is -0.396 e. The number of nitrogens with zero attached hydrogens (tertiary/aromatic N) is 1. The number of rotatable bonds is 8. The van der Waals surface area contributed by atoms with E-state index in [1.54, 1.807) is 7.05 Å². The highest BCUT2D eigenvalue weighted by molar-refractivity contribution is 5.98. The molecule has 0 aromatic heterocycles. The molecule has 3 fully saturated rings. The lowest BCUT2D eigenvalue weighted by Crippen LogP contribution is -2.56. The van der Waals surface area contributed by atoms with Gasteiger partial charge in [0.05, 0.1) is 17.9 Å². The molecule has 27 heavy (non-hydrogen) atoms. The molecular formula is C19H31N3O5. The standard InChI is InChI=1S/C19H31N3O5/c1-4-6-11(2)21-17(25)15-19-8-7-12(27-19)13(16(24)20-3)14(19)18(26)22(15)9-5-10-23/h11-15,23H,4-10H2,1-3H3,(H,20,24)(H,21,25)/t11?,12-,13+,14-,15?,19?/m0/s1. The van der Waals surface area contributed by atoms with Gasteiger partial charge in [0.15, 0.2) is 0 Å². The second-order valence-electron chi connectivity index (χ2n) is 7.98. The van der Waals surface area contributed by atoms with Gasteiger partial charge in [0.1, 0.15) is 11.6 Å². The summed E-state index contributed by atoms with van der Waals surface area (Å²) in [6.07, 6.45) is 3.13. The number of fused-ring (bicyclic) bond motifs is 1. The molecule has 8 nitrogen and oxygen atoms in total. The molecule has 3 aliphatic rings. The van der Waals surface area contributed by atoms with Gasteiger partial charge in [-0.3, -0.25) is 14.4 Å². The zero-order valence-electron chi connectivity index (χ0n) is 16.4. The molecule has 6 atom stereocenters. The Labute approximate surface area is 160 Å². The molecule has 3 heterocycles. The highest BCUT2D eigenvalue weighted by atomic mass is 16.5. The van der Waals surface area contributed by atoms with E-state index >= 15 is 0 Å². The van der Waals surface area contributed by atoms with Crippen molar-refractivity contribution in [3.63, 3.8) is 0 Å². The van der Waals surface area contributed by atoms with Crippen LogP contribution >= 0.6 is 0 Å². The number of ether oxygens (including phenoxy) is 1. The highest BCUT2D eigenvalue weighted by Crippen LogP contribution is 2.58.